The zero-order valence-electron chi connectivity index (χ0n) is 8.53. The standard InChI is InChI=1S/C11H16FNS/c1-3-10(13)8(2)14-11-7-5-4-6-9(11)12/h4-8,10H,3,13H2,1-2H3. The lowest BCUT2D eigenvalue weighted by molar-refractivity contribution is 0.598. The van der Waals surface area contributed by atoms with Gasteiger partial charge in [-0.1, -0.05) is 26.0 Å². The fourth-order valence-electron chi connectivity index (χ4n) is 1.16. The summed E-state index contributed by atoms with van der Waals surface area (Å²) in [4.78, 5) is 0.684. The summed E-state index contributed by atoms with van der Waals surface area (Å²) in [5.41, 5.74) is 5.87. The van der Waals surface area contributed by atoms with Crippen molar-refractivity contribution in [1.82, 2.24) is 0 Å². The lowest BCUT2D eigenvalue weighted by atomic mass is 10.2. The molecule has 1 nitrogen and oxygen atoms in total. The minimum Gasteiger partial charge on any atom is -0.327 e. The molecule has 0 fully saturated rings. The molecule has 0 aliphatic heterocycles. The van der Waals surface area contributed by atoms with E-state index in [0.29, 0.717) is 4.90 Å². The van der Waals surface area contributed by atoms with Crippen molar-refractivity contribution in [3.63, 3.8) is 0 Å². The Hall–Kier alpha value is -0.540. The van der Waals surface area contributed by atoms with Gasteiger partial charge in [-0.15, -0.1) is 11.8 Å². The summed E-state index contributed by atoms with van der Waals surface area (Å²) in [6.45, 7) is 4.08. The van der Waals surface area contributed by atoms with Crippen molar-refractivity contribution in [3.8, 4) is 0 Å². The number of hydrogen-bond acceptors (Lipinski definition) is 2. The van der Waals surface area contributed by atoms with E-state index < -0.39 is 0 Å². The van der Waals surface area contributed by atoms with E-state index in [1.165, 1.54) is 17.8 Å². The Morgan fingerprint density at radius 3 is 2.64 bits per heavy atom. The summed E-state index contributed by atoms with van der Waals surface area (Å²) in [6, 6.07) is 6.93. The SMILES string of the molecule is CCC(N)C(C)Sc1ccccc1F. The lowest BCUT2D eigenvalue weighted by Crippen LogP contribution is -2.29. The number of rotatable bonds is 4. The maximum Gasteiger partial charge on any atom is 0.136 e. The van der Waals surface area contributed by atoms with Gasteiger partial charge in [0.2, 0.25) is 0 Å². The van der Waals surface area contributed by atoms with E-state index in [0.717, 1.165) is 6.42 Å². The maximum atomic E-state index is 13.3. The van der Waals surface area contributed by atoms with Gasteiger partial charge in [0.15, 0.2) is 0 Å². The van der Waals surface area contributed by atoms with Gasteiger partial charge < -0.3 is 5.73 Å². The van der Waals surface area contributed by atoms with Crippen molar-refractivity contribution in [2.24, 2.45) is 5.73 Å². The molecule has 0 heterocycles. The monoisotopic (exact) mass is 213 g/mol. The van der Waals surface area contributed by atoms with Crippen LogP contribution in [0.15, 0.2) is 29.2 Å². The molecule has 0 amide bonds. The highest BCUT2D eigenvalue weighted by Gasteiger charge is 2.13. The predicted molar refractivity (Wildman–Crippen MR) is 60.0 cm³/mol. The second-order valence-corrected chi connectivity index (χ2v) is 4.74. The van der Waals surface area contributed by atoms with E-state index in [4.69, 9.17) is 5.73 Å². The van der Waals surface area contributed by atoms with Gasteiger partial charge in [-0.3, -0.25) is 0 Å². The first kappa shape index (κ1) is 11.5. The van der Waals surface area contributed by atoms with Crippen molar-refractivity contribution in [2.45, 2.75) is 36.5 Å². The lowest BCUT2D eigenvalue weighted by Gasteiger charge is -2.17. The molecular formula is C11H16FNS. The molecule has 0 radical (unpaired) electrons. The summed E-state index contributed by atoms with van der Waals surface area (Å²) in [5, 5.41) is 0.247. The van der Waals surface area contributed by atoms with Crippen molar-refractivity contribution in [3.05, 3.63) is 30.1 Å². The van der Waals surface area contributed by atoms with E-state index >= 15 is 0 Å². The highest BCUT2D eigenvalue weighted by atomic mass is 32.2. The Morgan fingerprint density at radius 2 is 2.07 bits per heavy atom. The Kier molecular flexibility index (Phi) is 4.42. The van der Waals surface area contributed by atoms with Crippen LogP contribution in [0, 0.1) is 5.82 Å². The third-order valence-corrected chi connectivity index (χ3v) is 3.53. The van der Waals surface area contributed by atoms with Crippen LogP contribution in [0.5, 0.6) is 0 Å². The molecule has 0 aromatic heterocycles. The molecular weight excluding hydrogens is 197 g/mol. The molecule has 3 heteroatoms. The molecule has 0 aliphatic rings. The number of benzene rings is 1. The van der Waals surface area contributed by atoms with Crippen LogP contribution >= 0.6 is 11.8 Å². The molecule has 1 aromatic carbocycles. The molecule has 1 rings (SSSR count). The molecule has 0 aliphatic carbocycles. The molecule has 0 saturated carbocycles. The van der Waals surface area contributed by atoms with Gasteiger partial charge in [-0.25, -0.2) is 4.39 Å². The summed E-state index contributed by atoms with van der Waals surface area (Å²) in [6.07, 6.45) is 0.919. The minimum absolute atomic E-state index is 0.125. The third-order valence-electron chi connectivity index (χ3n) is 2.22. The first-order valence-electron chi connectivity index (χ1n) is 4.82. The Bertz CT molecular complexity index is 290. The first-order chi connectivity index (χ1) is 6.65. The summed E-state index contributed by atoms with van der Waals surface area (Å²) in [7, 11) is 0. The van der Waals surface area contributed by atoms with Crippen LogP contribution in [-0.4, -0.2) is 11.3 Å². The van der Waals surface area contributed by atoms with E-state index in [9.17, 15) is 4.39 Å². The first-order valence-corrected chi connectivity index (χ1v) is 5.70. The highest BCUT2D eigenvalue weighted by molar-refractivity contribution is 8.00. The Labute approximate surface area is 88.9 Å². The van der Waals surface area contributed by atoms with E-state index in [-0.39, 0.29) is 17.1 Å². The van der Waals surface area contributed by atoms with Crippen molar-refractivity contribution < 1.29 is 4.39 Å². The van der Waals surface area contributed by atoms with E-state index in [1.807, 2.05) is 19.9 Å². The molecule has 2 unspecified atom stereocenters. The van der Waals surface area contributed by atoms with E-state index in [2.05, 4.69) is 0 Å². The van der Waals surface area contributed by atoms with Crippen LogP contribution in [-0.2, 0) is 0 Å². The van der Waals surface area contributed by atoms with Crippen LogP contribution in [0.1, 0.15) is 20.3 Å². The van der Waals surface area contributed by atoms with Gasteiger partial charge in [-0.2, -0.15) is 0 Å². The highest BCUT2D eigenvalue weighted by Crippen LogP contribution is 2.27. The second-order valence-electron chi connectivity index (χ2n) is 3.33. The molecule has 2 N–H and O–H groups in total. The minimum atomic E-state index is -0.160. The van der Waals surface area contributed by atoms with Gasteiger partial charge in [-0.05, 0) is 18.6 Å². The van der Waals surface area contributed by atoms with Crippen LogP contribution < -0.4 is 5.73 Å². The summed E-state index contributed by atoms with van der Waals surface area (Å²) >= 11 is 1.50. The predicted octanol–water partition coefficient (Wildman–Crippen LogP) is 3.04. The molecule has 0 saturated heterocycles. The van der Waals surface area contributed by atoms with Gasteiger partial charge in [0, 0.05) is 16.2 Å². The molecule has 0 bridgehead atoms. The Morgan fingerprint density at radius 1 is 1.43 bits per heavy atom. The topological polar surface area (TPSA) is 26.0 Å². The number of thioether (sulfide) groups is 1. The molecule has 0 spiro atoms. The molecule has 78 valence electrons. The fraction of sp³-hybridized carbons (Fsp3) is 0.455. The van der Waals surface area contributed by atoms with Gasteiger partial charge >= 0.3 is 0 Å². The second kappa shape index (κ2) is 5.37. The molecule has 14 heavy (non-hydrogen) atoms. The quantitative estimate of drug-likeness (QED) is 0.778. The summed E-state index contributed by atoms with van der Waals surface area (Å²) < 4.78 is 13.3. The van der Waals surface area contributed by atoms with Gasteiger partial charge in [0.05, 0.1) is 0 Å². The molecule has 1 aromatic rings. The third kappa shape index (κ3) is 3.00. The average Bonchev–Trinajstić information content (AvgIpc) is 2.20. The average molecular weight is 213 g/mol. The van der Waals surface area contributed by atoms with Crippen molar-refractivity contribution in [1.29, 1.82) is 0 Å². The van der Waals surface area contributed by atoms with Crippen LogP contribution in [0.25, 0.3) is 0 Å². The number of hydrogen-bond donors (Lipinski definition) is 1. The number of nitrogens with two attached hydrogens (primary N) is 1. The normalized spacial score (nSPS) is 15.1. The number of halogens is 1. The van der Waals surface area contributed by atoms with Gasteiger partial charge in [0.1, 0.15) is 5.82 Å². The zero-order chi connectivity index (χ0) is 10.6. The van der Waals surface area contributed by atoms with Crippen LogP contribution in [0.4, 0.5) is 4.39 Å². The summed E-state index contributed by atoms with van der Waals surface area (Å²) in [5.74, 6) is -0.160. The zero-order valence-corrected chi connectivity index (χ0v) is 9.35. The van der Waals surface area contributed by atoms with E-state index in [1.54, 1.807) is 12.1 Å². The Balaban J connectivity index is 2.64. The van der Waals surface area contributed by atoms with Gasteiger partial charge in [0.25, 0.3) is 0 Å². The maximum absolute atomic E-state index is 13.3. The smallest absolute Gasteiger partial charge is 0.136 e. The van der Waals surface area contributed by atoms with Crippen molar-refractivity contribution in [2.75, 3.05) is 0 Å². The fourth-order valence-corrected chi connectivity index (χ4v) is 2.27. The molecule has 2 atom stereocenters. The van der Waals surface area contributed by atoms with Crippen LogP contribution in [0.3, 0.4) is 0 Å². The largest absolute Gasteiger partial charge is 0.327 e. The van der Waals surface area contributed by atoms with Crippen molar-refractivity contribution >= 4 is 11.8 Å². The van der Waals surface area contributed by atoms with Crippen LogP contribution in [0.2, 0.25) is 0 Å².